The van der Waals surface area contributed by atoms with E-state index >= 15 is 0 Å². The second-order valence-corrected chi connectivity index (χ2v) is 10.1. The Balaban J connectivity index is 1.57. The van der Waals surface area contributed by atoms with Gasteiger partial charge < -0.3 is 16.2 Å². The van der Waals surface area contributed by atoms with E-state index in [2.05, 4.69) is 57.7 Å². The van der Waals surface area contributed by atoms with E-state index in [0.717, 1.165) is 40.6 Å². The van der Waals surface area contributed by atoms with Gasteiger partial charge in [-0.1, -0.05) is 68.4 Å². The van der Waals surface area contributed by atoms with Gasteiger partial charge in [0.1, 0.15) is 0 Å². The van der Waals surface area contributed by atoms with Crippen molar-refractivity contribution in [3.63, 3.8) is 0 Å². The molecule has 4 aromatic rings. The van der Waals surface area contributed by atoms with Crippen molar-refractivity contribution in [2.24, 2.45) is 11.1 Å². The smallest absolute Gasteiger partial charge is 0.224 e. The maximum Gasteiger partial charge on any atom is 0.224 e. The Bertz CT molecular complexity index is 1300. The average molecular weight is 454 g/mol. The summed E-state index contributed by atoms with van der Waals surface area (Å²) < 4.78 is 0. The average Bonchev–Trinajstić information content (AvgIpc) is 2.86. The van der Waals surface area contributed by atoms with Crippen LogP contribution in [0.4, 0.5) is 5.95 Å². The van der Waals surface area contributed by atoms with Crippen molar-refractivity contribution >= 4 is 17.0 Å². The van der Waals surface area contributed by atoms with E-state index in [9.17, 15) is 5.11 Å². The molecule has 5 rings (SSSR count). The van der Waals surface area contributed by atoms with E-state index in [1.165, 1.54) is 12.0 Å². The van der Waals surface area contributed by atoms with Crippen molar-refractivity contribution in [2.45, 2.75) is 38.6 Å². The molecule has 4 N–H and O–H groups in total. The van der Waals surface area contributed by atoms with Crippen molar-refractivity contribution in [1.82, 2.24) is 15.0 Å². The van der Waals surface area contributed by atoms with Crippen molar-refractivity contribution in [2.75, 3.05) is 18.5 Å². The van der Waals surface area contributed by atoms with Crippen LogP contribution in [0.5, 0.6) is 0 Å². The summed E-state index contributed by atoms with van der Waals surface area (Å²) in [5.41, 5.74) is 11.9. The predicted octanol–water partition coefficient (Wildman–Crippen LogP) is 5.13. The fourth-order valence-corrected chi connectivity index (χ4v) is 4.29. The molecule has 0 aliphatic heterocycles. The molecule has 2 aromatic carbocycles. The third kappa shape index (κ3) is 4.39. The minimum atomic E-state index is -0.267. The number of benzene rings is 2. The summed E-state index contributed by atoms with van der Waals surface area (Å²) in [6.45, 7) is 4.62. The summed E-state index contributed by atoms with van der Waals surface area (Å²) in [5.74, 6) is 0.505. The van der Waals surface area contributed by atoms with Crippen LogP contribution in [0.3, 0.4) is 0 Å². The van der Waals surface area contributed by atoms with Gasteiger partial charge in [-0.2, -0.15) is 4.98 Å². The molecule has 1 aliphatic carbocycles. The van der Waals surface area contributed by atoms with Crippen molar-refractivity contribution in [3.8, 4) is 22.4 Å². The van der Waals surface area contributed by atoms with Gasteiger partial charge in [-0.25, -0.2) is 9.97 Å². The van der Waals surface area contributed by atoms with Crippen LogP contribution in [0.15, 0.2) is 66.9 Å². The number of aromatic nitrogens is 3. The Morgan fingerprint density at radius 3 is 2.38 bits per heavy atom. The maximum absolute atomic E-state index is 9.53. The highest BCUT2D eigenvalue weighted by molar-refractivity contribution is 5.90. The summed E-state index contributed by atoms with van der Waals surface area (Å²) in [4.78, 5) is 14.2. The SMILES string of the molecule is CC(C)(CO)CNc1ncc2cc(-c3ccccc3)c(-c3ccc(C4(N)CCC4)cc3)nc2n1. The minimum Gasteiger partial charge on any atom is -0.396 e. The summed E-state index contributed by atoms with van der Waals surface area (Å²) in [6, 6.07) is 20.9. The summed E-state index contributed by atoms with van der Waals surface area (Å²) in [5, 5.41) is 13.6. The van der Waals surface area contributed by atoms with E-state index in [4.69, 9.17) is 10.7 Å². The molecule has 34 heavy (non-hydrogen) atoms. The third-order valence-corrected chi connectivity index (χ3v) is 6.79. The molecule has 0 spiro atoms. The highest BCUT2D eigenvalue weighted by atomic mass is 16.3. The topological polar surface area (TPSA) is 97.0 Å². The van der Waals surface area contributed by atoms with Crippen LogP contribution < -0.4 is 11.1 Å². The second kappa shape index (κ2) is 8.78. The maximum atomic E-state index is 9.53. The van der Waals surface area contributed by atoms with E-state index in [0.29, 0.717) is 18.1 Å². The van der Waals surface area contributed by atoms with Crippen molar-refractivity contribution in [3.05, 3.63) is 72.4 Å². The van der Waals surface area contributed by atoms with E-state index in [1.54, 1.807) is 6.20 Å². The number of nitrogens with zero attached hydrogens (tertiary/aromatic N) is 3. The Morgan fingerprint density at radius 2 is 1.74 bits per heavy atom. The quantitative estimate of drug-likeness (QED) is 0.359. The highest BCUT2D eigenvalue weighted by Gasteiger charge is 2.34. The van der Waals surface area contributed by atoms with E-state index in [1.807, 2.05) is 32.0 Å². The number of nitrogens with one attached hydrogen (secondary N) is 1. The molecule has 2 heterocycles. The lowest BCUT2D eigenvalue weighted by Crippen LogP contribution is -2.43. The first-order valence-electron chi connectivity index (χ1n) is 11.8. The minimum absolute atomic E-state index is 0.0799. The van der Waals surface area contributed by atoms with E-state index < -0.39 is 0 Å². The predicted molar refractivity (Wildman–Crippen MR) is 137 cm³/mol. The van der Waals surface area contributed by atoms with Gasteiger partial charge in [0.05, 0.1) is 5.69 Å². The highest BCUT2D eigenvalue weighted by Crippen LogP contribution is 2.40. The summed E-state index contributed by atoms with van der Waals surface area (Å²) >= 11 is 0. The lowest BCUT2D eigenvalue weighted by Gasteiger charge is -2.38. The molecule has 2 aromatic heterocycles. The summed E-state index contributed by atoms with van der Waals surface area (Å²) in [7, 11) is 0. The molecule has 0 amide bonds. The van der Waals surface area contributed by atoms with Crippen LogP contribution in [0.1, 0.15) is 38.7 Å². The number of aliphatic hydroxyl groups is 1. The number of hydrogen-bond donors (Lipinski definition) is 3. The van der Waals surface area contributed by atoms with Gasteiger partial charge in [0.25, 0.3) is 0 Å². The molecule has 0 saturated heterocycles. The zero-order valence-corrected chi connectivity index (χ0v) is 19.8. The standard InChI is InChI=1S/C28H31N5O/c1-27(2,18-34)17-31-26-30-16-21-15-23(19-7-4-3-5-8-19)24(32-25(21)33-26)20-9-11-22(12-10-20)28(29)13-6-14-28/h3-5,7-12,15-16,34H,6,13-14,17-18,29H2,1-2H3,(H,30,31,32,33). The summed E-state index contributed by atoms with van der Waals surface area (Å²) in [6.07, 6.45) is 5.07. The number of pyridine rings is 1. The van der Waals surface area contributed by atoms with Crippen LogP contribution >= 0.6 is 0 Å². The molecule has 6 nitrogen and oxygen atoms in total. The zero-order chi connectivity index (χ0) is 23.8. The largest absolute Gasteiger partial charge is 0.396 e. The first-order valence-corrected chi connectivity index (χ1v) is 11.8. The Labute approximate surface area is 200 Å². The first-order chi connectivity index (χ1) is 16.4. The molecule has 6 heteroatoms. The van der Waals surface area contributed by atoms with Crippen molar-refractivity contribution < 1.29 is 5.11 Å². The number of anilines is 1. The molecule has 0 radical (unpaired) electrons. The monoisotopic (exact) mass is 453 g/mol. The van der Waals surface area contributed by atoms with Crippen LogP contribution in [-0.4, -0.2) is 33.2 Å². The van der Waals surface area contributed by atoms with Crippen LogP contribution in [0.2, 0.25) is 0 Å². The second-order valence-electron chi connectivity index (χ2n) is 10.1. The third-order valence-electron chi connectivity index (χ3n) is 6.79. The van der Waals surface area contributed by atoms with Gasteiger partial charge in [0.2, 0.25) is 5.95 Å². The first kappa shape index (κ1) is 22.4. The van der Waals surface area contributed by atoms with Crippen LogP contribution in [-0.2, 0) is 5.54 Å². The molecule has 1 fully saturated rings. The molecule has 0 bridgehead atoms. The number of rotatable bonds is 7. The van der Waals surface area contributed by atoms with E-state index in [-0.39, 0.29) is 17.6 Å². The number of aliphatic hydroxyl groups excluding tert-OH is 1. The van der Waals surface area contributed by atoms with Gasteiger partial charge in [0.15, 0.2) is 5.65 Å². The molecule has 1 aliphatic rings. The number of hydrogen-bond acceptors (Lipinski definition) is 6. The fraction of sp³-hybridized carbons (Fsp3) is 0.321. The van der Waals surface area contributed by atoms with Gasteiger partial charge in [-0.05, 0) is 36.5 Å². The van der Waals surface area contributed by atoms with Crippen LogP contribution in [0, 0.1) is 5.41 Å². The van der Waals surface area contributed by atoms with Crippen molar-refractivity contribution in [1.29, 1.82) is 0 Å². The number of fused-ring (bicyclic) bond motifs is 1. The van der Waals surface area contributed by atoms with Gasteiger partial charge in [-0.15, -0.1) is 0 Å². The Kier molecular flexibility index (Phi) is 5.80. The van der Waals surface area contributed by atoms with Gasteiger partial charge in [-0.3, -0.25) is 0 Å². The Hall–Kier alpha value is -3.35. The van der Waals surface area contributed by atoms with Crippen LogP contribution in [0.25, 0.3) is 33.4 Å². The normalized spacial score (nSPS) is 15.2. The molecule has 174 valence electrons. The molecule has 0 unspecified atom stereocenters. The molecule has 0 atom stereocenters. The zero-order valence-electron chi connectivity index (χ0n) is 19.8. The Morgan fingerprint density at radius 1 is 1.00 bits per heavy atom. The number of nitrogens with two attached hydrogens (primary N) is 1. The lowest BCUT2D eigenvalue weighted by molar-refractivity contribution is 0.170. The fourth-order valence-electron chi connectivity index (χ4n) is 4.29. The molecule has 1 saturated carbocycles. The van der Waals surface area contributed by atoms with Gasteiger partial charge in [0, 0.05) is 46.8 Å². The lowest BCUT2D eigenvalue weighted by atomic mass is 9.72. The van der Waals surface area contributed by atoms with Gasteiger partial charge >= 0.3 is 0 Å². The molecular weight excluding hydrogens is 422 g/mol. The molecular formula is C28H31N5O.